The van der Waals surface area contributed by atoms with Crippen LogP contribution >= 0.6 is 0 Å². The van der Waals surface area contributed by atoms with Crippen LogP contribution in [0.1, 0.15) is 33.4 Å². The zero-order valence-electron chi connectivity index (χ0n) is 29.8. The van der Waals surface area contributed by atoms with Gasteiger partial charge in [-0.15, -0.1) is 0 Å². The third kappa shape index (κ3) is 4.92. The third-order valence-corrected chi connectivity index (χ3v) is 11.2. The van der Waals surface area contributed by atoms with Crippen molar-refractivity contribution in [2.45, 2.75) is 5.41 Å². The Labute approximate surface area is 319 Å². The normalized spacial score (nSPS) is 14.9. The molecule has 11 rings (SSSR count). The smallest absolute Gasteiger partial charge is 0.164 e. The van der Waals surface area contributed by atoms with Crippen molar-refractivity contribution in [2.24, 2.45) is 0 Å². The number of aromatic nitrogens is 4. The second-order valence-electron chi connectivity index (χ2n) is 14.3. The number of fused-ring (bicyclic) bond motifs is 10. The summed E-state index contributed by atoms with van der Waals surface area (Å²) in [6.45, 7) is 0. The highest BCUT2D eigenvalue weighted by atomic mass is 15.0. The standard InChI is InChI=1S/C51H32N4/c1-2-12-36(13-3-1)48-53-49(37-25-20-33(21-26-37)41-16-10-28-52-32-41)55-50(54-48)40-27-24-35-23-22-34-11-6-8-18-44(34)51(46(35)31-40)45-19-9-7-17-42(45)43-29-38-14-4-5-15-39(38)30-47(43)51/h1-32H. The minimum absolute atomic E-state index is 0.582. The number of hydrogen-bond acceptors (Lipinski definition) is 4. The fourth-order valence-electron chi connectivity index (χ4n) is 8.71. The Balaban J connectivity index is 1.16. The fourth-order valence-corrected chi connectivity index (χ4v) is 8.71. The lowest BCUT2D eigenvalue weighted by atomic mass is 9.65. The largest absolute Gasteiger partial charge is 0.264 e. The van der Waals surface area contributed by atoms with Gasteiger partial charge in [0, 0.05) is 29.1 Å². The summed E-state index contributed by atoms with van der Waals surface area (Å²) < 4.78 is 0. The molecule has 4 nitrogen and oxygen atoms in total. The number of rotatable bonds is 4. The molecule has 2 aliphatic rings. The summed E-state index contributed by atoms with van der Waals surface area (Å²) in [5, 5.41) is 2.46. The van der Waals surface area contributed by atoms with Crippen LogP contribution in [-0.4, -0.2) is 19.9 Å². The topological polar surface area (TPSA) is 51.6 Å². The SMILES string of the molecule is C1=Cc2ccc(-c3nc(-c4ccccc4)nc(-c4ccc(-c5cccnc5)cc4)n3)cc2C2(c3ccccc31)c1ccccc1-c1cc3ccccc3cc12. The molecule has 0 bridgehead atoms. The Morgan fingerprint density at radius 1 is 0.345 bits per heavy atom. The second kappa shape index (κ2) is 12.4. The zero-order chi connectivity index (χ0) is 36.3. The zero-order valence-corrected chi connectivity index (χ0v) is 29.8. The molecule has 0 saturated heterocycles. The Morgan fingerprint density at radius 3 is 1.69 bits per heavy atom. The van der Waals surface area contributed by atoms with E-state index in [-0.39, 0.29) is 0 Å². The van der Waals surface area contributed by atoms with E-state index in [1.165, 1.54) is 55.3 Å². The maximum atomic E-state index is 5.21. The molecule has 0 fully saturated rings. The molecule has 1 spiro atoms. The molecule has 2 aromatic heterocycles. The van der Waals surface area contributed by atoms with Gasteiger partial charge >= 0.3 is 0 Å². The van der Waals surface area contributed by atoms with Gasteiger partial charge in [0.25, 0.3) is 0 Å². The van der Waals surface area contributed by atoms with Gasteiger partial charge in [-0.1, -0.05) is 158 Å². The molecule has 7 aromatic carbocycles. The van der Waals surface area contributed by atoms with Crippen LogP contribution in [-0.2, 0) is 5.41 Å². The number of pyridine rings is 1. The van der Waals surface area contributed by atoms with Crippen LogP contribution in [0.5, 0.6) is 0 Å². The molecular weight excluding hydrogens is 669 g/mol. The van der Waals surface area contributed by atoms with Crippen molar-refractivity contribution in [1.29, 1.82) is 0 Å². The first kappa shape index (κ1) is 31.2. The van der Waals surface area contributed by atoms with E-state index in [2.05, 4.69) is 163 Å². The summed E-state index contributed by atoms with van der Waals surface area (Å²) in [7, 11) is 0. The van der Waals surface area contributed by atoms with E-state index in [9.17, 15) is 0 Å². The fraction of sp³-hybridized carbons (Fsp3) is 0.0196. The molecule has 1 unspecified atom stereocenters. The Hall–Kier alpha value is -7.30. The highest BCUT2D eigenvalue weighted by molar-refractivity contribution is 5.98. The lowest BCUT2D eigenvalue weighted by Gasteiger charge is -2.35. The molecule has 2 heterocycles. The molecule has 0 radical (unpaired) electrons. The molecule has 9 aromatic rings. The molecule has 0 N–H and O–H groups in total. The van der Waals surface area contributed by atoms with Gasteiger partial charge < -0.3 is 0 Å². The summed E-state index contributed by atoms with van der Waals surface area (Å²) in [5.74, 6) is 1.89. The molecule has 0 saturated carbocycles. The maximum absolute atomic E-state index is 5.21. The molecule has 2 aliphatic carbocycles. The second-order valence-corrected chi connectivity index (χ2v) is 14.3. The lowest BCUT2D eigenvalue weighted by molar-refractivity contribution is 0.767. The van der Waals surface area contributed by atoms with Crippen molar-refractivity contribution in [3.8, 4) is 56.4 Å². The average molecular weight is 701 g/mol. The van der Waals surface area contributed by atoms with Crippen molar-refractivity contribution in [3.63, 3.8) is 0 Å². The van der Waals surface area contributed by atoms with E-state index in [0.29, 0.717) is 17.5 Å². The van der Waals surface area contributed by atoms with E-state index in [1.807, 2.05) is 30.5 Å². The Morgan fingerprint density at radius 2 is 0.927 bits per heavy atom. The predicted octanol–water partition coefficient (Wildman–Crippen LogP) is 11.9. The molecule has 1 atom stereocenters. The molecule has 4 heteroatoms. The minimum atomic E-state index is -0.582. The molecular formula is C51H32N4. The van der Waals surface area contributed by atoms with Crippen LogP contribution in [0.3, 0.4) is 0 Å². The van der Waals surface area contributed by atoms with Crippen LogP contribution in [0.15, 0.2) is 182 Å². The van der Waals surface area contributed by atoms with Crippen LogP contribution in [0.2, 0.25) is 0 Å². The van der Waals surface area contributed by atoms with E-state index in [1.54, 1.807) is 6.20 Å². The summed E-state index contributed by atoms with van der Waals surface area (Å²) in [6.07, 6.45) is 8.22. The van der Waals surface area contributed by atoms with Gasteiger partial charge in [-0.3, -0.25) is 4.98 Å². The average Bonchev–Trinajstić information content (AvgIpc) is 3.45. The first-order valence-corrected chi connectivity index (χ1v) is 18.6. The third-order valence-electron chi connectivity index (χ3n) is 11.2. The van der Waals surface area contributed by atoms with Gasteiger partial charge in [-0.25, -0.2) is 15.0 Å². The number of hydrogen-bond donors (Lipinski definition) is 0. The molecule has 0 aliphatic heterocycles. The van der Waals surface area contributed by atoms with Gasteiger partial charge in [-0.2, -0.15) is 0 Å². The Bertz CT molecular complexity index is 2970. The molecule has 0 amide bonds. The first-order valence-electron chi connectivity index (χ1n) is 18.6. The van der Waals surface area contributed by atoms with Crippen molar-refractivity contribution in [3.05, 3.63) is 216 Å². The van der Waals surface area contributed by atoms with E-state index in [0.717, 1.165) is 27.8 Å². The van der Waals surface area contributed by atoms with Crippen molar-refractivity contribution < 1.29 is 0 Å². The van der Waals surface area contributed by atoms with Crippen LogP contribution < -0.4 is 0 Å². The van der Waals surface area contributed by atoms with Gasteiger partial charge in [0.1, 0.15) is 0 Å². The van der Waals surface area contributed by atoms with Gasteiger partial charge in [-0.05, 0) is 90.7 Å². The van der Waals surface area contributed by atoms with E-state index < -0.39 is 5.41 Å². The van der Waals surface area contributed by atoms with Crippen LogP contribution in [0.4, 0.5) is 0 Å². The molecule has 256 valence electrons. The summed E-state index contributed by atoms with van der Waals surface area (Å²) in [5.41, 5.74) is 14.3. The van der Waals surface area contributed by atoms with Gasteiger partial charge in [0.15, 0.2) is 17.5 Å². The highest BCUT2D eigenvalue weighted by Crippen LogP contribution is 2.59. The van der Waals surface area contributed by atoms with E-state index in [4.69, 9.17) is 15.0 Å². The predicted molar refractivity (Wildman–Crippen MR) is 223 cm³/mol. The number of nitrogens with zero attached hydrogens (tertiary/aromatic N) is 4. The van der Waals surface area contributed by atoms with Crippen LogP contribution in [0.25, 0.3) is 79.3 Å². The van der Waals surface area contributed by atoms with Gasteiger partial charge in [0.2, 0.25) is 0 Å². The number of benzene rings is 7. The van der Waals surface area contributed by atoms with Crippen molar-refractivity contribution in [1.82, 2.24) is 19.9 Å². The van der Waals surface area contributed by atoms with Crippen molar-refractivity contribution >= 4 is 22.9 Å². The maximum Gasteiger partial charge on any atom is 0.164 e. The summed E-state index contributed by atoms with van der Waals surface area (Å²) in [6, 6.07) is 60.6. The lowest BCUT2D eigenvalue weighted by Crippen LogP contribution is -2.30. The monoisotopic (exact) mass is 700 g/mol. The minimum Gasteiger partial charge on any atom is -0.264 e. The summed E-state index contributed by atoms with van der Waals surface area (Å²) in [4.78, 5) is 19.7. The van der Waals surface area contributed by atoms with E-state index >= 15 is 0 Å². The quantitative estimate of drug-likeness (QED) is 0.183. The van der Waals surface area contributed by atoms with Crippen LogP contribution in [0, 0.1) is 0 Å². The van der Waals surface area contributed by atoms with Gasteiger partial charge in [0.05, 0.1) is 5.41 Å². The summed E-state index contributed by atoms with van der Waals surface area (Å²) >= 11 is 0. The Kier molecular flexibility index (Phi) is 7.04. The molecule has 55 heavy (non-hydrogen) atoms. The van der Waals surface area contributed by atoms with Crippen molar-refractivity contribution in [2.75, 3.05) is 0 Å². The first-order chi connectivity index (χ1) is 27.2. The highest BCUT2D eigenvalue weighted by Gasteiger charge is 2.48.